The molecule has 0 radical (unpaired) electrons. The maximum Gasteiger partial charge on any atom is 0.216 e. The third kappa shape index (κ3) is 18.9. The van der Waals surface area contributed by atoms with Crippen LogP contribution in [0.5, 0.6) is 0 Å². The molecule has 0 rings (SSSR count). The lowest BCUT2D eigenvalue weighted by Gasteiger charge is -2.29. The lowest BCUT2D eigenvalue weighted by molar-refractivity contribution is -0.120. The van der Waals surface area contributed by atoms with Crippen molar-refractivity contribution in [2.24, 2.45) is 0 Å². The van der Waals surface area contributed by atoms with E-state index < -0.39 is 11.8 Å². The Labute approximate surface area is 175 Å². The first-order chi connectivity index (χ1) is 13.8. The monoisotopic (exact) mass is 424 g/mol. The van der Waals surface area contributed by atoms with Gasteiger partial charge in [-0.05, 0) is 13.8 Å². The van der Waals surface area contributed by atoms with Crippen molar-refractivity contribution in [2.75, 3.05) is 72.6 Å². The zero-order valence-electron chi connectivity index (χ0n) is 18.8. The standard InChI is InChI=1S/C20H41FN2O6/c1-17(2)22-6-7-25-8-9-26-10-11-27-12-13-28-14-15-29-20(4,5)19(21)16-23-18(3)24/h17,19,22H,6-16H2,1-5H3,(H,23,24). The van der Waals surface area contributed by atoms with E-state index in [1.165, 1.54) is 6.92 Å². The Bertz CT molecular complexity index is 399. The molecule has 0 aliphatic rings. The second-order valence-corrected chi connectivity index (χ2v) is 7.41. The van der Waals surface area contributed by atoms with Gasteiger partial charge in [-0.15, -0.1) is 0 Å². The number of nitrogens with one attached hydrogen (secondary N) is 2. The molecule has 0 bridgehead atoms. The molecule has 0 saturated carbocycles. The van der Waals surface area contributed by atoms with Crippen LogP contribution in [0.4, 0.5) is 4.39 Å². The number of alkyl halides is 1. The smallest absolute Gasteiger partial charge is 0.216 e. The molecule has 0 heterocycles. The Kier molecular flexibility index (Phi) is 17.5. The van der Waals surface area contributed by atoms with Crippen molar-refractivity contribution >= 4 is 5.91 Å². The van der Waals surface area contributed by atoms with Crippen molar-refractivity contribution in [3.8, 4) is 0 Å². The van der Waals surface area contributed by atoms with Gasteiger partial charge in [-0.25, -0.2) is 4.39 Å². The van der Waals surface area contributed by atoms with Crippen molar-refractivity contribution in [3.05, 3.63) is 0 Å². The van der Waals surface area contributed by atoms with Crippen LogP contribution >= 0.6 is 0 Å². The number of hydrogen-bond donors (Lipinski definition) is 2. The highest BCUT2D eigenvalue weighted by molar-refractivity contribution is 5.72. The summed E-state index contributed by atoms with van der Waals surface area (Å²) in [6.07, 6.45) is -1.29. The van der Waals surface area contributed by atoms with E-state index >= 15 is 0 Å². The number of halogens is 1. The summed E-state index contributed by atoms with van der Waals surface area (Å²) in [5.41, 5.74) is -0.992. The summed E-state index contributed by atoms with van der Waals surface area (Å²) in [6, 6.07) is 0.471. The molecule has 9 heteroatoms. The summed E-state index contributed by atoms with van der Waals surface area (Å²) in [5, 5.41) is 5.72. The highest BCUT2D eigenvalue weighted by Gasteiger charge is 2.30. The molecular weight excluding hydrogens is 383 g/mol. The Morgan fingerprint density at radius 2 is 1.31 bits per heavy atom. The van der Waals surface area contributed by atoms with Crippen LogP contribution in [0.15, 0.2) is 0 Å². The van der Waals surface area contributed by atoms with Gasteiger partial charge in [-0.3, -0.25) is 4.79 Å². The molecule has 0 saturated heterocycles. The Hall–Kier alpha value is -0.840. The summed E-state index contributed by atoms with van der Waals surface area (Å²) < 4.78 is 41.2. The largest absolute Gasteiger partial charge is 0.378 e. The summed E-state index contributed by atoms with van der Waals surface area (Å²) in [5.74, 6) is -0.264. The molecule has 0 aliphatic carbocycles. The lowest BCUT2D eigenvalue weighted by Crippen LogP contribution is -2.44. The van der Waals surface area contributed by atoms with Crippen LogP contribution in [0.25, 0.3) is 0 Å². The van der Waals surface area contributed by atoms with Crippen LogP contribution < -0.4 is 10.6 Å². The van der Waals surface area contributed by atoms with E-state index in [1.54, 1.807) is 13.8 Å². The van der Waals surface area contributed by atoms with Crippen molar-refractivity contribution in [1.29, 1.82) is 0 Å². The summed E-state index contributed by atoms with van der Waals surface area (Å²) in [7, 11) is 0. The number of carbonyl (C=O) groups excluding carboxylic acids is 1. The van der Waals surface area contributed by atoms with E-state index in [2.05, 4.69) is 24.5 Å². The molecule has 1 unspecified atom stereocenters. The van der Waals surface area contributed by atoms with Gasteiger partial charge in [0.2, 0.25) is 5.91 Å². The van der Waals surface area contributed by atoms with Crippen LogP contribution in [0.1, 0.15) is 34.6 Å². The van der Waals surface area contributed by atoms with Crippen LogP contribution in [-0.2, 0) is 28.5 Å². The zero-order chi connectivity index (χ0) is 22.0. The summed E-state index contributed by atoms with van der Waals surface area (Å²) in [4.78, 5) is 10.8. The number of ether oxygens (including phenoxy) is 5. The molecule has 29 heavy (non-hydrogen) atoms. The van der Waals surface area contributed by atoms with E-state index in [1.807, 2.05) is 0 Å². The molecule has 0 spiro atoms. The minimum absolute atomic E-state index is 0.0689. The highest BCUT2D eigenvalue weighted by Crippen LogP contribution is 2.17. The number of amides is 1. The summed E-state index contributed by atoms with van der Waals surface area (Å²) in [6.45, 7) is 13.9. The first-order valence-corrected chi connectivity index (χ1v) is 10.3. The minimum Gasteiger partial charge on any atom is -0.378 e. The van der Waals surface area contributed by atoms with Gasteiger partial charge in [0.05, 0.1) is 71.6 Å². The predicted octanol–water partition coefficient (Wildman–Crippen LogP) is 1.32. The third-order valence-electron chi connectivity index (χ3n) is 3.90. The maximum atomic E-state index is 14.0. The quantitative estimate of drug-likeness (QED) is 0.285. The van der Waals surface area contributed by atoms with E-state index in [4.69, 9.17) is 23.7 Å². The Balaban J connectivity index is 3.35. The van der Waals surface area contributed by atoms with Gasteiger partial charge in [-0.2, -0.15) is 0 Å². The molecule has 1 atom stereocenters. The fourth-order valence-corrected chi connectivity index (χ4v) is 2.11. The predicted molar refractivity (Wildman–Crippen MR) is 110 cm³/mol. The molecule has 1 amide bonds. The maximum absolute atomic E-state index is 14.0. The zero-order valence-corrected chi connectivity index (χ0v) is 18.8. The van der Waals surface area contributed by atoms with Gasteiger partial charge in [0.1, 0.15) is 6.17 Å². The second-order valence-electron chi connectivity index (χ2n) is 7.41. The van der Waals surface area contributed by atoms with Crippen LogP contribution in [0.3, 0.4) is 0 Å². The third-order valence-corrected chi connectivity index (χ3v) is 3.90. The Morgan fingerprint density at radius 3 is 1.76 bits per heavy atom. The molecule has 0 aliphatic heterocycles. The van der Waals surface area contributed by atoms with Gasteiger partial charge in [0, 0.05) is 19.5 Å². The van der Waals surface area contributed by atoms with E-state index in [-0.39, 0.29) is 19.1 Å². The first kappa shape index (κ1) is 28.2. The van der Waals surface area contributed by atoms with Gasteiger partial charge in [-0.1, -0.05) is 13.8 Å². The van der Waals surface area contributed by atoms with Crippen LogP contribution in [0, 0.1) is 0 Å². The van der Waals surface area contributed by atoms with Crippen molar-refractivity contribution in [1.82, 2.24) is 10.6 Å². The minimum atomic E-state index is -1.29. The van der Waals surface area contributed by atoms with E-state index in [9.17, 15) is 9.18 Å². The highest BCUT2D eigenvalue weighted by atomic mass is 19.1. The second kappa shape index (κ2) is 18.0. The molecule has 0 aromatic heterocycles. The molecular formula is C20H41FN2O6. The topological polar surface area (TPSA) is 87.3 Å². The number of hydrogen-bond acceptors (Lipinski definition) is 7. The fraction of sp³-hybridized carbons (Fsp3) is 0.950. The van der Waals surface area contributed by atoms with Gasteiger partial charge in [0.15, 0.2) is 0 Å². The first-order valence-electron chi connectivity index (χ1n) is 10.3. The van der Waals surface area contributed by atoms with Crippen molar-refractivity contribution in [3.63, 3.8) is 0 Å². The Morgan fingerprint density at radius 1 is 0.862 bits per heavy atom. The van der Waals surface area contributed by atoms with E-state index in [0.29, 0.717) is 58.9 Å². The van der Waals surface area contributed by atoms with Gasteiger partial charge < -0.3 is 34.3 Å². The van der Waals surface area contributed by atoms with Crippen molar-refractivity contribution in [2.45, 2.75) is 52.4 Å². The molecule has 0 aromatic carbocycles. The molecule has 8 nitrogen and oxygen atoms in total. The molecule has 0 fully saturated rings. The number of carbonyl (C=O) groups is 1. The molecule has 0 aromatic rings. The summed E-state index contributed by atoms with van der Waals surface area (Å²) >= 11 is 0. The average Bonchev–Trinajstić information content (AvgIpc) is 2.65. The fourth-order valence-electron chi connectivity index (χ4n) is 2.11. The van der Waals surface area contributed by atoms with Gasteiger partial charge in [0.25, 0.3) is 0 Å². The van der Waals surface area contributed by atoms with Crippen LogP contribution in [0.2, 0.25) is 0 Å². The lowest BCUT2D eigenvalue weighted by atomic mass is 10.0. The normalized spacial score (nSPS) is 13.1. The number of rotatable bonds is 20. The van der Waals surface area contributed by atoms with E-state index in [0.717, 1.165) is 6.54 Å². The molecule has 174 valence electrons. The average molecular weight is 425 g/mol. The van der Waals surface area contributed by atoms with Crippen LogP contribution in [-0.4, -0.2) is 96.3 Å². The van der Waals surface area contributed by atoms with Gasteiger partial charge >= 0.3 is 0 Å². The molecule has 2 N–H and O–H groups in total. The SMILES string of the molecule is CC(=O)NCC(F)C(C)(C)OCCOCCOCCOCCOCCNC(C)C. The van der Waals surface area contributed by atoms with Crippen molar-refractivity contribution < 1.29 is 32.9 Å².